The minimum atomic E-state index is -0.174. The third kappa shape index (κ3) is 5.05. The van der Waals surface area contributed by atoms with Crippen LogP contribution in [-0.2, 0) is 9.59 Å². The zero-order chi connectivity index (χ0) is 15.9. The first kappa shape index (κ1) is 16.3. The zero-order valence-electron chi connectivity index (χ0n) is 11.8. The van der Waals surface area contributed by atoms with E-state index in [0.717, 1.165) is 0 Å². The molecule has 0 saturated heterocycles. The smallest absolute Gasteiger partial charge is 0.234 e. The molecule has 1 aromatic carbocycles. The average Bonchev–Trinajstić information content (AvgIpc) is 2.46. The van der Waals surface area contributed by atoms with Crippen LogP contribution in [0.5, 0.6) is 0 Å². The van der Waals surface area contributed by atoms with Gasteiger partial charge in [0.15, 0.2) is 0 Å². The van der Waals surface area contributed by atoms with Crippen LogP contribution in [0.1, 0.15) is 6.92 Å². The van der Waals surface area contributed by atoms with Gasteiger partial charge in [0.05, 0.1) is 10.8 Å². The van der Waals surface area contributed by atoms with Crippen LogP contribution in [0, 0.1) is 0 Å². The van der Waals surface area contributed by atoms with Crippen LogP contribution in [0.25, 0.3) is 0 Å². The molecule has 2 N–H and O–H groups in total. The first-order chi connectivity index (χ1) is 10.5. The minimum absolute atomic E-state index is 0.163. The van der Waals surface area contributed by atoms with Crippen molar-refractivity contribution in [1.82, 2.24) is 4.98 Å². The molecule has 0 atom stereocenters. The van der Waals surface area contributed by atoms with Gasteiger partial charge in [0.25, 0.3) is 0 Å². The summed E-state index contributed by atoms with van der Waals surface area (Å²) in [4.78, 5) is 27.1. The molecule has 0 saturated carbocycles. The van der Waals surface area contributed by atoms with Gasteiger partial charge in [-0.15, -0.1) is 0 Å². The molecule has 7 heteroatoms. The quantitative estimate of drug-likeness (QED) is 0.821. The molecule has 5 nitrogen and oxygen atoms in total. The Morgan fingerprint density at radius 3 is 2.59 bits per heavy atom. The number of pyridine rings is 1. The van der Waals surface area contributed by atoms with Crippen LogP contribution < -0.4 is 10.6 Å². The van der Waals surface area contributed by atoms with Gasteiger partial charge in [-0.05, 0) is 30.3 Å². The molecule has 2 rings (SSSR count). The van der Waals surface area contributed by atoms with Crippen molar-refractivity contribution in [3.63, 3.8) is 0 Å². The molecule has 2 aromatic rings. The highest BCUT2D eigenvalue weighted by atomic mass is 35.5. The van der Waals surface area contributed by atoms with Gasteiger partial charge >= 0.3 is 0 Å². The Kier molecular flexibility index (Phi) is 5.80. The maximum atomic E-state index is 11.9. The number of benzene rings is 1. The lowest BCUT2D eigenvalue weighted by atomic mass is 10.2. The molecular formula is C15H14ClN3O2S. The number of hydrogen-bond acceptors (Lipinski definition) is 4. The van der Waals surface area contributed by atoms with Gasteiger partial charge in [-0.2, -0.15) is 0 Å². The molecule has 0 aliphatic heterocycles. The van der Waals surface area contributed by atoms with E-state index in [0.29, 0.717) is 21.4 Å². The summed E-state index contributed by atoms with van der Waals surface area (Å²) in [5.74, 6) is -0.142. The fourth-order valence-corrected chi connectivity index (χ4v) is 2.65. The number of carbonyl (C=O) groups is 2. The lowest BCUT2D eigenvalue weighted by molar-refractivity contribution is -0.114. The van der Waals surface area contributed by atoms with E-state index in [-0.39, 0.29) is 17.6 Å². The Labute approximate surface area is 137 Å². The van der Waals surface area contributed by atoms with Gasteiger partial charge in [-0.25, -0.2) is 4.98 Å². The molecule has 0 bridgehead atoms. The van der Waals surface area contributed by atoms with Gasteiger partial charge in [0.2, 0.25) is 11.8 Å². The lowest BCUT2D eigenvalue weighted by Gasteiger charge is -2.08. The summed E-state index contributed by atoms with van der Waals surface area (Å²) >= 11 is 7.25. The van der Waals surface area contributed by atoms with E-state index < -0.39 is 0 Å². The van der Waals surface area contributed by atoms with Crippen LogP contribution in [-0.4, -0.2) is 22.6 Å². The van der Waals surface area contributed by atoms with Gasteiger partial charge in [0.1, 0.15) is 5.03 Å². The number of aromatic nitrogens is 1. The SMILES string of the molecule is CC(=O)Nc1cccc(NC(=O)CSc2ncccc2Cl)c1. The van der Waals surface area contributed by atoms with E-state index in [9.17, 15) is 9.59 Å². The summed E-state index contributed by atoms with van der Waals surface area (Å²) in [7, 11) is 0. The van der Waals surface area contributed by atoms with Crippen molar-refractivity contribution in [3.8, 4) is 0 Å². The highest BCUT2D eigenvalue weighted by Crippen LogP contribution is 2.24. The Bertz CT molecular complexity index is 694. The summed E-state index contributed by atoms with van der Waals surface area (Å²) in [6.45, 7) is 1.43. The van der Waals surface area contributed by atoms with E-state index in [1.165, 1.54) is 18.7 Å². The predicted molar refractivity (Wildman–Crippen MR) is 89.3 cm³/mol. The molecule has 0 spiro atoms. The summed E-state index contributed by atoms with van der Waals surface area (Å²) < 4.78 is 0. The van der Waals surface area contributed by atoms with Gasteiger partial charge in [-0.1, -0.05) is 29.4 Å². The monoisotopic (exact) mass is 335 g/mol. The molecule has 0 fully saturated rings. The van der Waals surface area contributed by atoms with Gasteiger partial charge in [-0.3, -0.25) is 9.59 Å². The van der Waals surface area contributed by atoms with E-state index >= 15 is 0 Å². The van der Waals surface area contributed by atoms with Gasteiger partial charge in [0, 0.05) is 24.5 Å². The average molecular weight is 336 g/mol. The maximum absolute atomic E-state index is 11.9. The molecular weight excluding hydrogens is 322 g/mol. The molecule has 114 valence electrons. The first-order valence-electron chi connectivity index (χ1n) is 6.45. The van der Waals surface area contributed by atoms with Crippen LogP contribution >= 0.6 is 23.4 Å². The second kappa shape index (κ2) is 7.82. The number of nitrogens with zero attached hydrogens (tertiary/aromatic N) is 1. The molecule has 2 amide bonds. The highest BCUT2D eigenvalue weighted by Gasteiger charge is 2.07. The number of anilines is 2. The fourth-order valence-electron chi connectivity index (χ4n) is 1.69. The summed E-state index contributed by atoms with van der Waals surface area (Å²) in [6, 6.07) is 10.4. The van der Waals surface area contributed by atoms with Crippen molar-refractivity contribution in [2.75, 3.05) is 16.4 Å². The Morgan fingerprint density at radius 1 is 1.18 bits per heavy atom. The van der Waals surface area contributed by atoms with Crippen molar-refractivity contribution in [1.29, 1.82) is 0 Å². The van der Waals surface area contributed by atoms with E-state index in [1.807, 2.05) is 0 Å². The van der Waals surface area contributed by atoms with Crippen LogP contribution in [0.2, 0.25) is 5.02 Å². The fraction of sp³-hybridized carbons (Fsp3) is 0.133. The third-order valence-electron chi connectivity index (χ3n) is 2.53. The Morgan fingerprint density at radius 2 is 1.91 bits per heavy atom. The minimum Gasteiger partial charge on any atom is -0.326 e. The van der Waals surface area contributed by atoms with E-state index in [1.54, 1.807) is 42.6 Å². The van der Waals surface area contributed by atoms with Crippen LogP contribution in [0.4, 0.5) is 11.4 Å². The van der Waals surface area contributed by atoms with Crippen molar-refractivity contribution in [2.24, 2.45) is 0 Å². The first-order valence-corrected chi connectivity index (χ1v) is 7.82. The van der Waals surface area contributed by atoms with Crippen LogP contribution in [0.3, 0.4) is 0 Å². The molecule has 0 radical (unpaired) electrons. The van der Waals surface area contributed by atoms with Crippen molar-refractivity contribution in [2.45, 2.75) is 11.9 Å². The number of hydrogen-bond donors (Lipinski definition) is 2. The second-order valence-electron chi connectivity index (χ2n) is 4.39. The Balaban J connectivity index is 1.92. The zero-order valence-corrected chi connectivity index (χ0v) is 13.4. The van der Waals surface area contributed by atoms with Crippen molar-refractivity contribution < 1.29 is 9.59 Å². The van der Waals surface area contributed by atoms with Crippen molar-refractivity contribution >= 4 is 46.6 Å². The number of carbonyl (C=O) groups excluding carboxylic acids is 2. The molecule has 22 heavy (non-hydrogen) atoms. The molecule has 0 aliphatic rings. The molecule has 0 unspecified atom stereocenters. The predicted octanol–water partition coefficient (Wildman–Crippen LogP) is 3.42. The lowest BCUT2D eigenvalue weighted by Crippen LogP contribution is -2.14. The van der Waals surface area contributed by atoms with Crippen LogP contribution in [0.15, 0.2) is 47.6 Å². The Hall–Kier alpha value is -2.05. The molecule has 1 aromatic heterocycles. The summed E-state index contributed by atoms with van der Waals surface area (Å²) in [6.07, 6.45) is 1.63. The number of thioether (sulfide) groups is 1. The van der Waals surface area contributed by atoms with Gasteiger partial charge < -0.3 is 10.6 Å². The number of amides is 2. The maximum Gasteiger partial charge on any atom is 0.234 e. The third-order valence-corrected chi connectivity index (χ3v) is 3.95. The number of rotatable bonds is 5. The molecule has 0 aliphatic carbocycles. The summed E-state index contributed by atoms with van der Waals surface area (Å²) in [5.41, 5.74) is 1.25. The molecule has 1 heterocycles. The number of nitrogens with one attached hydrogen (secondary N) is 2. The normalized spacial score (nSPS) is 10.1. The number of halogens is 1. The standard InChI is InChI=1S/C15H14ClN3O2S/c1-10(20)18-11-4-2-5-12(8-11)19-14(21)9-22-15-13(16)6-3-7-17-15/h2-8H,9H2,1H3,(H,18,20)(H,19,21). The topological polar surface area (TPSA) is 71.1 Å². The summed E-state index contributed by atoms with van der Waals surface area (Å²) in [5, 5.41) is 6.56. The second-order valence-corrected chi connectivity index (χ2v) is 5.76. The van der Waals surface area contributed by atoms with Crippen molar-refractivity contribution in [3.05, 3.63) is 47.6 Å². The van der Waals surface area contributed by atoms with E-state index in [4.69, 9.17) is 11.6 Å². The van der Waals surface area contributed by atoms with E-state index in [2.05, 4.69) is 15.6 Å². The largest absolute Gasteiger partial charge is 0.326 e. The highest BCUT2D eigenvalue weighted by molar-refractivity contribution is 8.00.